The third kappa shape index (κ3) is 2.48. The van der Waals surface area contributed by atoms with E-state index in [2.05, 4.69) is 13.8 Å². The molecule has 0 atom stereocenters. The van der Waals surface area contributed by atoms with E-state index >= 15 is 0 Å². The van der Waals surface area contributed by atoms with Gasteiger partial charge in [0.25, 0.3) is 5.91 Å². The van der Waals surface area contributed by atoms with Crippen LogP contribution in [0, 0.1) is 0 Å². The predicted molar refractivity (Wildman–Crippen MR) is 70.3 cm³/mol. The number of carbonyl (C=O) groups is 1. The quantitative estimate of drug-likeness (QED) is 0.821. The van der Waals surface area contributed by atoms with Gasteiger partial charge in [-0.3, -0.25) is 4.79 Å². The number of hydrogen-bond donors (Lipinski definition) is 0. The van der Waals surface area contributed by atoms with Gasteiger partial charge in [-0.1, -0.05) is 19.9 Å². The van der Waals surface area contributed by atoms with Crippen LogP contribution >= 0.6 is 0 Å². The van der Waals surface area contributed by atoms with Gasteiger partial charge in [-0.2, -0.15) is 0 Å². The third-order valence-electron chi connectivity index (χ3n) is 3.11. The second-order valence-electron chi connectivity index (χ2n) is 4.71. The van der Waals surface area contributed by atoms with Gasteiger partial charge < -0.3 is 14.4 Å². The number of rotatable bonds is 4. The summed E-state index contributed by atoms with van der Waals surface area (Å²) in [7, 11) is 1.63. The first-order valence-corrected chi connectivity index (χ1v) is 6.19. The van der Waals surface area contributed by atoms with E-state index in [9.17, 15) is 4.79 Å². The summed E-state index contributed by atoms with van der Waals surface area (Å²) in [4.78, 5) is 13.6. The topological polar surface area (TPSA) is 38.8 Å². The van der Waals surface area contributed by atoms with Crippen LogP contribution in [0.4, 0.5) is 5.69 Å². The van der Waals surface area contributed by atoms with Crippen LogP contribution in [0.5, 0.6) is 5.75 Å². The third-order valence-corrected chi connectivity index (χ3v) is 3.11. The van der Waals surface area contributed by atoms with Gasteiger partial charge in [0.15, 0.2) is 6.61 Å². The Labute approximate surface area is 107 Å². The Morgan fingerprint density at radius 2 is 2.22 bits per heavy atom. The van der Waals surface area contributed by atoms with Gasteiger partial charge in [-0.15, -0.1) is 0 Å². The van der Waals surface area contributed by atoms with Crippen LogP contribution in [0.25, 0.3) is 0 Å². The van der Waals surface area contributed by atoms with Crippen LogP contribution in [0.2, 0.25) is 0 Å². The van der Waals surface area contributed by atoms with E-state index in [0.717, 1.165) is 11.4 Å². The summed E-state index contributed by atoms with van der Waals surface area (Å²) in [5.41, 5.74) is 2.06. The van der Waals surface area contributed by atoms with Crippen molar-refractivity contribution in [1.82, 2.24) is 0 Å². The number of ether oxygens (including phenoxy) is 2. The smallest absolute Gasteiger partial charge is 0.265 e. The Hall–Kier alpha value is -1.55. The maximum atomic E-state index is 11.8. The number of amides is 1. The molecule has 0 bridgehead atoms. The van der Waals surface area contributed by atoms with Crippen LogP contribution in [0.3, 0.4) is 0 Å². The molecule has 0 N–H and O–H groups in total. The van der Waals surface area contributed by atoms with Gasteiger partial charge in [-0.05, 0) is 23.6 Å². The largest absolute Gasteiger partial charge is 0.482 e. The minimum Gasteiger partial charge on any atom is -0.482 e. The number of benzene rings is 1. The molecule has 0 unspecified atom stereocenters. The second-order valence-corrected chi connectivity index (χ2v) is 4.71. The van der Waals surface area contributed by atoms with E-state index in [4.69, 9.17) is 9.47 Å². The molecule has 1 amide bonds. The summed E-state index contributed by atoms with van der Waals surface area (Å²) in [5, 5.41) is 0. The van der Waals surface area contributed by atoms with Crippen molar-refractivity contribution in [2.24, 2.45) is 0 Å². The first kappa shape index (κ1) is 12.9. The van der Waals surface area contributed by atoms with E-state index in [1.54, 1.807) is 12.0 Å². The van der Waals surface area contributed by atoms with Crippen LogP contribution in [0.1, 0.15) is 25.3 Å². The lowest BCUT2D eigenvalue weighted by Gasteiger charge is -2.29. The molecule has 1 aliphatic rings. The molecule has 18 heavy (non-hydrogen) atoms. The Morgan fingerprint density at radius 1 is 1.44 bits per heavy atom. The van der Waals surface area contributed by atoms with Crippen molar-refractivity contribution in [1.29, 1.82) is 0 Å². The summed E-state index contributed by atoms with van der Waals surface area (Å²) in [6.45, 7) is 5.47. The monoisotopic (exact) mass is 249 g/mol. The standard InChI is InChI=1S/C14H19NO3/c1-10(2)11-4-5-12-13(8-11)18-9-14(16)15(12)6-7-17-3/h4-5,8,10H,6-7,9H2,1-3H3. The molecule has 0 saturated heterocycles. The van der Waals surface area contributed by atoms with Crippen LogP contribution < -0.4 is 9.64 Å². The van der Waals surface area contributed by atoms with Crippen LogP contribution in [0.15, 0.2) is 18.2 Å². The number of fused-ring (bicyclic) bond motifs is 1. The maximum Gasteiger partial charge on any atom is 0.265 e. The Bertz CT molecular complexity index is 443. The van der Waals surface area contributed by atoms with Crippen molar-refractivity contribution in [3.63, 3.8) is 0 Å². The predicted octanol–water partition coefficient (Wildman–Crippen LogP) is 2.18. The summed E-state index contributed by atoms with van der Waals surface area (Å²) in [6, 6.07) is 6.02. The highest BCUT2D eigenvalue weighted by molar-refractivity contribution is 5.97. The van der Waals surface area contributed by atoms with Crippen molar-refractivity contribution < 1.29 is 14.3 Å². The first-order chi connectivity index (χ1) is 8.63. The lowest BCUT2D eigenvalue weighted by molar-refractivity contribution is -0.121. The van der Waals surface area contributed by atoms with Gasteiger partial charge in [0.05, 0.1) is 12.3 Å². The molecule has 4 heteroatoms. The highest BCUT2D eigenvalue weighted by Gasteiger charge is 2.25. The second kappa shape index (κ2) is 5.40. The number of nitrogens with zero attached hydrogens (tertiary/aromatic N) is 1. The number of methoxy groups -OCH3 is 1. The van der Waals surface area contributed by atoms with Gasteiger partial charge in [0.2, 0.25) is 0 Å². The highest BCUT2D eigenvalue weighted by atomic mass is 16.5. The SMILES string of the molecule is COCCN1C(=O)COc2cc(C(C)C)ccc21. The van der Waals surface area contributed by atoms with E-state index in [0.29, 0.717) is 19.1 Å². The van der Waals surface area contributed by atoms with Crippen molar-refractivity contribution in [3.05, 3.63) is 23.8 Å². The highest BCUT2D eigenvalue weighted by Crippen LogP contribution is 2.34. The lowest BCUT2D eigenvalue weighted by Crippen LogP contribution is -2.40. The molecule has 2 rings (SSSR count). The zero-order valence-electron chi connectivity index (χ0n) is 11.1. The molecular weight excluding hydrogens is 230 g/mol. The fourth-order valence-electron chi connectivity index (χ4n) is 2.01. The number of anilines is 1. The van der Waals surface area contributed by atoms with Crippen molar-refractivity contribution >= 4 is 11.6 Å². The molecule has 0 aromatic heterocycles. The van der Waals surface area contributed by atoms with Crippen molar-refractivity contribution in [2.75, 3.05) is 31.8 Å². The van der Waals surface area contributed by atoms with E-state index in [1.807, 2.05) is 18.2 Å². The average molecular weight is 249 g/mol. The normalized spacial score (nSPS) is 14.7. The Balaban J connectivity index is 2.29. The molecule has 98 valence electrons. The summed E-state index contributed by atoms with van der Waals surface area (Å²) in [5.74, 6) is 1.22. The van der Waals surface area contributed by atoms with Crippen LogP contribution in [-0.2, 0) is 9.53 Å². The Morgan fingerprint density at radius 3 is 2.89 bits per heavy atom. The molecule has 1 aromatic rings. The maximum absolute atomic E-state index is 11.8. The number of carbonyl (C=O) groups excluding carboxylic acids is 1. The number of hydrogen-bond acceptors (Lipinski definition) is 3. The molecular formula is C14H19NO3. The fraction of sp³-hybridized carbons (Fsp3) is 0.500. The van der Waals surface area contributed by atoms with Crippen LogP contribution in [-0.4, -0.2) is 32.8 Å². The van der Waals surface area contributed by atoms with E-state index in [-0.39, 0.29) is 12.5 Å². The van der Waals surface area contributed by atoms with E-state index in [1.165, 1.54) is 5.56 Å². The summed E-state index contributed by atoms with van der Waals surface area (Å²) < 4.78 is 10.5. The summed E-state index contributed by atoms with van der Waals surface area (Å²) in [6.07, 6.45) is 0. The Kier molecular flexibility index (Phi) is 3.87. The lowest BCUT2D eigenvalue weighted by atomic mass is 10.0. The molecule has 0 radical (unpaired) electrons. The van der Waals surface area contributed by atoms with E-state index < -0.39 is 0 Å². The first-order valence-electron chi connectivity index (χ1n) is 6.19. The zero-order valence-corrected chi connectivity index (χ0v) is 11.1. The van der Waals surface area contributed by atoms with Crippen molar-refractivity contribution in [2.45, 2.75) is 19.8 Å². The zero-order chi connectivity index (χ0) is 13.1. The minimum atomic E-state index is -0.0168. The molecule has 1 aliphatic heterocycles. The van der Waals surface area contributed by atoms with Crippen molar-refractivity contribution in [3.8, 4) is 5.75 Å². The average Bonchev–Trinajstić information content (AvgIpc) is 2.37. The minimum absolute atomic E-state index is 0.0168. The van der Waals surface area contributed by atoms with Gasteiger partial charge >= 0.3 is 0 Å². The molecule has 0 aliphatic carbocycles. The molecule has 0 spiro atoms. The molecule has 1 heterocycles. The molecule has 4 nitrogen and oxygen atoms in total. The molecule has 1 aromatic carbocycles. The summed E-state index contributed by atoms with van der Waals surface area (Å²) >= 11 is 0. The van der Waals surface area contributed by atoms with Gasteiger partial charge in [0.1, 0.15) is 5.75 Å². The molecule has 0 fully saturated rings. The molecule has 0 saturated carbocycles. The fourth-order valence-corrected chi connectivity index (χ4v) is 2.01. The van der Waals surface area contributed by atoms with Gasteiger partial charge in [-0.25, -0.2) is 0 Å². The van der Waals surface area contributed by atoms with Gasteiger partial charge in [0, 0.05) is 13.7 Å².